The molecule has 1 rings (SSSR count). The van der Waals surface area contributed by atoms with Crippen LogP contribution >= 0.6 is 11.6 Å². The van der Waals surface area contributed by atoms with Crippen LogP contribution in [0.4, 0.5) is 0 Å². The van der Waals surface area contributed by atoms with Gasteiger partial charge in [0.2, 0.25) is 0 Å². The number of hydrogen-bond donors (Lipinski definition) is 1. The molecule has 1 amide bonds. The molecule has 1 N–H and O–H groups in total. The van der Waals surface area contributed by atoms with E-state index < -0.39 is 0 Å². The molecule has 0 fully saturated rings. The number of aryl methyl sites for hydroxylation is 1. The van der Waals surface area contributed by atoms with E-state index in [2.05, 4.69) is 5.32 Å². The summed E-state index contributed by atoms with van der Waals surface area (Å²) >= 11 is 5.89. The summed E-state index contributed by atoms with van der Waals surface area (Å²) in [5.74, 6) is 0.408. The van der Waals surface area contributed by atoms with Gasteiger partial charge < -0.3 is 10.1 Å². The molecule has 0 atom stereocenters. The molecule has 1 aromatic rings. The van der Waals surface area contributed by atoms with Gasteiger partial charge in [0.05, 0.1) is 12.7 Å². The van der Waals surface area contributed by atoms with Crippen molar-refractivity contribution < 1.29 is 9.53 Å². The van der Waals surface area contributed by atoms with E-state index in [1.807, 2.05) is 13.8 Å². The quantitative estimate of drug-likeness (QED) is 0.861. The second-order valence-electron chi connectivity index (χ2n) is 3.16. The van der Waals surface area contributed by atoms with Crippen LogP contribution in [0.5, 0.6) is 5.75 Å². The average Bonchev–Trinajstić information content (AvgIpc) is 2.17. The number of amides is 1. The molecule has 0 unspecified atom stereocenters. The highest BCUT2D eigenvalue weighted by atomic mass is 35.5. The van der Waals surface area contributed by atoms with Gasteiger partial charge in [0, 0.05) is 11.6 Å². The predicted octanol–water partition coefficient (Wildman–Crippen LogP) is 2.41. The molecule has 0 heterocycles. The molecule has 0 spiro atoms. The lowest BCUT2D eigenvalue weighted by Crippen LogP contribution is -2.23. The number of methoxy groups -OCH3 is 1. The smallest absolute Gasteiger partial charge is 0.255 e. The van der Waals surface area contributed by atoms with E-state index in [9.17, 15) is 4.79 Å². The Bertz CT molecular complexity index is 377. The van der Waals surface area contributed by atoms with E-state index in [0.29, 0.717) is 22.9 Å². The Balaban J connectivity index is 3.20. The van der Waals surface area contributed by atoms with Gasteiger partial charge in [-0.15, -0.1) is 0 Å². The number of ether oxygens (including phenoxy) is 1. The van der Waals surface area contributed by atoms with E-state index in [1.54, 1.807) is 19.2 Å². The van der Waals surface area contributed by atoms with E-state index in [0.717, 1.165) is 5.56 Å². The molecular formula is C11H14ClNO2. The van der Waals surface area contributed by atoms with Gasteiger partial charge in [0.15, 0.2) is 0 Å². The Hall–Kier alpha value is -1.22. The van der Waals surface area contributed by atoms with Crippen molar-refractivity contribution in [3.8, 4) is 5.75 Å². The largest absolute Gasteiger partial charge is 0.496 e. The number of carbonyl (C=O) groups excluding carboxylic acids is 1. The molecule has 1 aromatic carbocycles. The highest BCUT2D eigenvalue weighted by Gasteiger charge is 2.14. The topological polar surface area (TPSA) is 38.3 Å². The van der Waals surface area contributed by atoms with Crippen LogP contribution in [0.3, 0.4) is 0 Å². The minimum Gasteiger partial charge on any atom is -0.496 e. The molecule has 0 aliphatic rings. The molecular weight excluding hydrogens is 214 g/mol. The lowest BCUT2D eigenvalue weighted by Gasteiger charge is -2.11. The van der Waals surface area contributed by atoms with Crippen LogP contribution in [-0.4, -0.2) is 19.6 Å². The number of nitrogens with one attached hydrogen (secondary N) is 1. The fraction of sp³-hybridized carbons (Fsp3) is 0.364. The first-order valence-electron chi connectivity index (χ1n) is 4.72. The van der Waals surface area contributed by atoms with Crippen molar-refractivity contribution in [3.05, 3.63) is 28.3 Å². The molecule has 0 aromatic heterocycles. The fourth-order valence-electron chi connectivity index (χ4n) is 1.43. The predicted molar refractivity (Wildman–Crippen MR) is 60.7 cm³/mol. The first-order chi connectivity index (χ1) is 7.10. The van der Waals surface area contributed by atoms with Gasteiger partial charge in [-0.2, -0.15) is 0 Å². The maximum Gasteiger partial charge on any atom is 0.255 e. The van der Waals surface area contributed by atoms with Crippen molar-refractivity contribution in [2.24, 2.45) is 0 Å². The number of halogens is 1. The third-order valence-electron chi connectivity index (χ3n) is 2.03. The molecule has 0 saturated carbocycles. The summed E-state index contributed by atoms with van der Waals surface area (Å²) in [6, 6.07) is 3.38. The van der Waals surface area contributed by atoms with Gasteiger partial charge in [0.1, 0.15) is 5.75 Å². The van der Waals surface area contributed by atoms with Crippen LogP contribution in [0.25, 0.3) is 0 Å². The number of hydrogen-bond acceptors (Lipinski definition) is 2. The zero-order chi connectivity index (χ0) is 11.4. The highest BCUT2D eigenvalue weighted by molar-refractivity contribution is 6.31. The molecule has 0 aliphatic carbocycles. The summed E-state index contributed by atoms with van der Waals surface area (Å²) in [6.45, 7) is 4.29. The van der Waals surface area contributed by atoms with Crippen molar-refractivity contribution >= 4 is 17.5 Å². The summed E-state index contributed by atoms with van der Waals surface area (Å²) in [7, 11) is 1.54. The van der Waals surface area contributed by atoms with Crippen molar-refractivity contribution in [1.82, 2.24) is 5.32 Å². The van der Waals surface area contributed by atoms with Crippen LogP contribution < -0.4 is 10.1 Å². The van der Waals surface area contributed by atoms with E-state index >= 15 is 0 Å². The zero-order valence-corrected chi connectivity index (χ0v) is 9.81. The standard InChI is InChI=1S/C11H14ClNO2/c1-4-13-11(14)9-6-8(12)5-7(2)10(9)15-3/h5-6H,4H2,1-3H3,(H,13,14). The van der Waals surface area contributed by atoms with Crippen LogP contribution in [0.15, 0.2) is 12.1 Å². The summed E-state index contributed by atoms with van der Waals surface area (Å²) in [5.41, 5.74) is 1.33. The summed E-state index contributed by atoms with van der Waals surface area (Å²) in [5, 5.41) is 3.25. The lowest BCUT2D eigenvalue weighted by atomic mass is 10.1. The van der Waals surface area contributed by atoms with Gasteiger partial charge in [-0.1, -0.05) is 11.6 Å². The Morgan fingerprint density at radius 2 is 2.20 bits per heavy atom. The Morgan fingerprint density at radius 1 is 1.53 bits per heavy atom. The molecule has 82 valence electrons. The van der Waals surface area contributed by atoms with Crippen molar-refractivity contribution in [2.45, 2.75) is 13.8 Å². The Morgan fingerprint density at radius 3 is 2.73 bits per heavy atom. The second-order valence-corrected chi connectivity index (χ2v) is 3.60. The van der Waals surface area contributed by atoms with E-state index in [-0.39, 0.29) is 5.91 Å². The van der Waals surface area contributed by atoms with Crippen molar-refractivity contribution in [1.29, 1.82) is 0 Å². The van der Waals surface area contributed by atoms with Crippen LogP contribution in [0.2, 0.25) is 5.02 Å². The van der Waals surface area contributed by atoms with Crippen LogP contribution in [0, 0.1) is 6.92 Å². The first kappa shape index (κ1) is 11.9. The number of rotatable bonds is 3. The summed E-state index contributed by atoms with van der Waals surface area (Å²) in [4.78, 5) is 11.7. The third-order valence-corrected chi connectivity index (χ3v) is 2.24. The van der Waals surface area contributed by atoms with Crippen LogP contribution in [0.1, 0.15) is 22.8 Å². The maximum absolute atomic E-state index is 11.7. The SMILES string of the molecule is CCNC(=O)c1cc(Cl)cc(C)c1OC. The second kappa shape index (κ2) is 5.03. The highest BCUT2D eigenvalue weighted by Crippen LogP contribution is 2.27. The monoisotopic (exact) mass is 227 g/mol. The van der Waals surface area contributed by atoms with Crippen molar-refractivity contribution in [3.63, 3.8) is 0 Å². The molecule has 3 nitrogen and oxygen atoms in total. The fourth-order valence-corrected chi connectivity index (χ4v) is 1.70. The van der Waals surface area contributed by atoms with Gasteiger partial charge in [-0.25, -0.2) is 0 Å². The van der Waals surface area contributed by atoms with Crippen LogP contribution in [-0.2, 0) is 0 Å². The average molecular weight is 228 g/mol. The zero-order valence-electron chi connectivity index (χ0n) is 9.06. The minimum absolute atomic E-state index is 0.167. The first-order valence-corrected chi connectivity index (χ1v) is 5.10. The van der Waals surface area contributed by atoms with Gasteiger partial charge in [-0.3, -0.25) is 4.79 Å². The minimum atomic E-state index is -0.167. The third kappa shape index (κ3) is 2.63. The molecule has 4 heteroatoms. The molecule has 0 radical (unpaired) electrons. The number of benzene rings is 1. The number of carbonyl (C=O) groups is 1. The Labute approximate surface area is 94.4 Å². The molecule has 15 heavy (non-hydrogen) atoms. The summed E-state index contributed by atoms with van der Waals surface area (Å²) < 4.78 is 5.18. The maximum atomic E-state index is 11.7. The molecule has 0 bridgehead atoms. The lowest BCUT2D eigenvalue weighted by molar-refractivity contribution is 0.0952. The Kier molecular flexibility index (Phi) is 3.97. The van der Waals surface area contributed by atoms with Gasteiger partial charge in [-0.05, 0) is 31.5 Å². The van der Waals surface area contributed by atoms with E-state index in [4.69, 9.17) is 16.3 Å². The molecule has 0 saturated heterocycles. The van der Waals surface area contributed by atoms with Crippen molar-refractivity contribution in [2.75, 3.05) is 13.7 Å². The van der Waals surface area contributed by atoms with Gasteiger partial charge >= 0.3 is 0 Å². The normalized spacial score (nSPS) is 9.87. The summed E-state index contributed by atoms with van der Waals surface area (Å²) in [6.07, 6.45) is 0. The van der Waals surface area contributed by atoms with E-state index in [1.165, 1.54) is 0 Å². The van der Waals surface area contributed by atoms with Gasteiger partial charge in [0.25, 0.3) is 5.91 Å². The molecule has 0 aliphatic heterocycles.